The molecule has 1 aromatic carbocycles. The molecule has 0 aromatic heterocycles. The summed E-state index contributed by atoms with van der Waals surface area (Å²) < 4.78 is 5.00. The van der Waals surface area contributed by atoms with Crippen molar-refractivity contribution in [2.45, 2.75) is 18.6 Å². The lowest BCUT2D eigenvalue weighted by Crippen LogP contribution is -2.42. The van der Waals surface area contributed by atoms with Gasteiger partial charge in [-0.25, -0.2) is 10.9 Å². The van der Waals surface area contributed by atoms with Crippen LogP contribution in [0.25, 0.3) is 0 Å². The minimum absolute atomic E-state index is 0.236. The van der Waals surface area contributed by atoms with Crippen LogP contribution >= 0.6 is 23.2 Å². The number of benzene rings is 1. The molecule has 1 aromatic rings. The van der Waals surface area contributed by atoms with Crippen LogP contribution in [0.4, 0.5) is 0 Å². The molecule has 4 nitrogen and oxygen atoms in total. The van der Waals surface area contributed by atoms with Crippen LogP contribution < -0.4 is 16.2 Å². The molecule has 0 aliphatic carbocycles. The van der Waals surface area contributed by atoms with Gasteiger partial charge in [0.2, 0.25) is 0 Å². The summed E-state index contributed by atoms with van der Waals surface area (Å²) in [6.45, 7) is 1.53. The number of hydrogen-bond donors (Lipinski definition) is 3. The third kappa shape index (κ3) is 3.57. The molecule has 3 N–H and O–H groups in total. The highest BCUT2D eigenvalue weighted by Crippen LogP contribution is 2.28. The van der Waals surface area contributed by atoms with Gasteiger partial charge < -0.3 is 4.74 Å². The zero-order chi connectivity index (χ0) is 13.0. The number of halogens is 2. The number of hydrazine groups is 1. The Hall–Kier alpha value is -0.360. The van der Waals surface area contributed by atoms with Gasteiger partial charge in [0.05, 0.1) is 22.8 Å². The summed E-state index contributed by atoms with van der Waals surface area (Å²) in [6.07, 6.45) is 1.18. The Morgan fingerprint density at radius 2 is 2.17 bits per heavy atom. The van der Waals surface area contributed by atoms with E-state index >= 15 is 0 Å². The van der Waals surface area contributed by atoms with Gasteiger partial charge in [-0.05, 0) is 24.1 Å². The molecule has 18 heavy (non-hydrogen) atoms. The number of ether oxygens (including phenoxy) is 1. The van der Waals surface area contributed by atoms with Crippen molar-refractivity contribution in [3.05, 3.63) is 33.8 Å². The van der Waals surface area contributed by atoms with Gasteiger partial charge in [-0.15, -0.1) is 0 Å². The first-order valence-electron chi connectivity index (χ1n) is 5.89. The number of nitrogens with one attached hydrogen (secondary N) is 3. The van der Waals surface area contributed by atoms with Crippen LogP contribution in [0.1, 0.15) is 18.0 Å². The van der Waals surface area contributed by atoms with Crippen molar-refractivity contribution in [3.8, 4) is 0 Å². The average molecular weight is 290 g/mol. The topological polar surface area (TPSA) is 45.3 Å². The molecule has 0 bridgehead atoms. The fourth-order valence-electron chi connectivity index (χ4n) is 1.97. The highest BCUT2D eigenvalue weighted by molar-refractivity contribution is 6.42. The number of methoxy groups -OCH3 is 1. The van der Waals surface area contributed by atoms with Gasteiger partial charge in [0, 0.05) is 19.7 Å². The Morgan fingerprint density at radius 1 is 1.33 bits per heavy atom. The fraction of sp³-hybridized carbons (Fsp3) is 0.500. The van der Waals surface area contributed by atoms with Crippen LogP contribution in [0.5, 0.6) is 0 Å². The molecule has 2 unspecified atom stereocenters. The van der Waals surface area contributed by atoms with Crippen molar-refractivity contribution >= 4 is 23.2 Å². The van der Waals surface area contributed by atoms with E-state index in [0.29, 0.717) is 16.7 Å². The van der Waals surface area contributed by atoms with Crippen molar-refractivity contribution in [1.29, 1.82) is 0 Å². The summed E-state index contributed by atoms with van der Waals surface area (Å²) in [5.74, 6) is 0. The zero-order valence-electron chi connectivity index (χ0n) is 10.2. The average Bonchev–Trinajstić information content (AvgIpc) is 2.82. The molecule has 0 radical (unpaired) electrons. The fourth-order valence-corrected chi connectivity index (χ4v) is 2.28. The van der Waals surface area contributed by atoms with Crippen molar-refractivity contribution in [2.75, 3.05) is 20.3 Å². The van der Waals surface area contributed by atoms with Crippen LogP contribution in [-0.4, -0.2) is 26.4 Å². The van der Waals surface area contributed by atoms with Crippen LogP contribution in [0.3, 0.4) is 0 Å². The molecule has 2 rings (SSSR count). The van der Waals surface area contributed by atoms with Crippen molar-refractivity contribution in [3.63, 3.8) is 0 Å². The van der Waals surface area contributed by atoms with E-state index in [1.807, 2.05) is 18.2 Å². The van der Waals surface area contributed by atoms with Gasteiger partial charge in [0.1, 0.15) is 0 Å². The second-order valence-corrected chi connectivity index (χ2v) is 5.06. The molecule has 2 atom stereocenters. The van der Waals surface area contributed by atoms with E-state index in [0.717, 1.165) is 18.5 Å². The summed E-state index contributed by atoms with van der Waals surface area (Å²) in [7, 11) is 1.69. The SMILES string of the molecule is COCCNC1CC(c2ccc(Cl)c(Cl)c2)NN1. The van der Waals surface area contributed by atoms with Crippen LogP contribution in [0.2, 0.25) is 10.0 Å². The Kier molecular flexibility index (Phi) is 5.24. The minimum atomic E-state index is 0.236. The van der Waals surface area contributed by atoms with Crippen molar-refractivity contribution < 1.29 is 4.74 Å². The second kappa shape index (κ2) is 6.70. The van der Waals surface area contributed by atoms with E-state index in [-0.39, 0.29) is 12.2 Å². The zero-order valence-corrected chi connectivity index (χ0v) is 11.7. The second-order valence-electron chi connectivity index (χ2n) is 4.25. The predicted molar refractivity (Wildman–Crippen MR) is 73.8 cm³/mol. The number of hydrogen-bond acceptors (Lipinski definition) is 4. The van der Waals surface area contributed by atoms with E-state index < -0.39 is 0 Å². The maximum absolute atomic E-state index is 6.02. The first kappa shape index (κ1) is 14.1. The smallest absolute Gasteiger partial charge is 0.0723 e. The van der Waals surface area contributed by atoms with E-state index in [1.54, 1.807) is 7.11 Å². The summed E-state index contributed by atoms with van der Waals surface area (Å²) >= 11 is 11.9. The van der Waals surface area contributed by atoms with Crippen LogP contribution in [0, 0.1) is 0 Å². The lowest BCUT2D eigenvalue weighted by Gasteiger charge is -2.11. The molecule has 1 saturated heterocycles. The normalized spacial score (nSPS) is 23.5. The molecule has 1 aliphatic rings. The first-order valence-corrected chi connectivity index (χ1v) is 6.64. The molecule has 6 heteroatoms. The Bertz CT molecular complexity index is 403. The summed E-state index contributed by atoms with van der Waals surface area (Å²) in [5.41, 5.74) is 7.58. The van der Waals surface area contributed by atoms with Gasteiger partial charge in [-0.1, -0.05) is 29.3 Å². The predicted octanol–water partition coefficient (Wildman–Crippen LogP) is 2.09. The molecule has 1 fully saturated rings. The molecule has 1 aliphatic heterocycles. The van der Waals surface area contributed by atoms with E-state index in [1.165, 1.54) is 0 Å². The van der Waals surface area contributed by atoms with Gasteiger partial charge in [0.15, 0.2) is 0 Å². The maximum Gasteiger partial charge on any atom is 0.0723 e. The summed E-state index contributed by atoms with van der Waals surface area (Å²) in [5, 5.41) is 4.52. The quantitative estimate of drug-likeness (QED) is 0.727. The van der Waals surface area contributed by atoms with Gasteiger partial charge in [-0.3, -0.25) is 5.32 Å². The molecular formula is C12H17Cl2N3O. The highest BCUT2D eigenvalue weighted by Gasteiger charge is 2.24. The summed E-state index contributed by atoms with van der Waals surface area (Å²) in [6, 6.07) is 5.96. The van der Waals surface area contributed by atoms with Crippen molar-refractivity contribution in [2.24, 2.45) is 0 Å². The molecule has 100 valence electrons. The molecular weight excluding hydrogens is 273 g/mol. The third-order valence-electron chi connectivity index (χ3n) is 2.95. The van der Waals surface area contributed by atoms with E-state index in [9.17, 15) is 0 Å². The number of rotatable bonds is 5. The molecule has 1 heterocycles. The largest absolute Gasteiger partial charge is 0.383 e. The third-order valence-corrected chi connectivity index (χ3v) is 3.69. The minimum Gasteiger partial charge on any atom is -0.383 e. The van der Waals surface area contributed by atoms with E-state index in [4.69, 9.17) is 27.9 Å². The summed E-state index contributed by atoms with van der Waals surface area (Å²) in [4.78, 5) is 0. The standard InChI is InChI=1S/C12H17Cl2N3O/c1-18-5-4-15-12-7-11(16-17-12)8-2-3-9(13)10(14)6-8/h2-3,6,11-12,15-17H,4-5,7H2,1H3. The van der Waals surface area contributed by atoms with Crippen molar-refractivity contribution in [1.82, 2.24) is 16.2 Å². The van der Waals surface area contributed by atoms with Gasteiger partial charge >= 0.3 is 0 Å². The first-order chi connectivity index (χ1) is 8.70. The van der Waals surface area contributed by atoms with Gasteiger partial charge in [0.25, 0.3) is 0 Å². The highest BCUT2D eigenvalue weighted by atomic mass is 35.5. The maximum atomic E-state index is 6.02. The van der Waals surface area contributed by atoms with Crippen LogP contribution in [-0.2, 0) is 4.74 Å². The molecule has 0 spiro atoms. The molecule has 0 amide bonds. The van der Waals surface area contributed by atoms with Gasteiger partial charge in [-0.2, -0.15) is 0 Å². The van der Waals surface area contributed by atoms with Crippen LogP contribution in [0.15, 0.2) is 18.2 Å². The lowest BCUT2D eigenvalue weighted by molar-refractivity contribution is 0.194. The molecule has 0 saturated carbocycles. The monoisotopic (exact) mass is 289 g/mol. The Labute approximate surface area is 117 Å². The Balaban J connectivity index is 1.89. The lowest BCUT2D eigenvalue weighted by atomic mass is 10.0. The Morgan fingerprint density at radius 3 is 2.89 bits per heavy atom. The van der Waals surface area contributed by atoms with E-state index in [2.05, 4.69) is 16.2 Å².